The largest absolute Gasteiger partial charge is 0.315 e. The molecule has 0 aromatic rings. The molecule has 0 spiro atoms. The highest BCUT2D eigenvalue weighted by molar-refractivity contribution is 4.70. The SMILES string of the molecule is CCNCC(C)NCC1CCCCCCC1. The highest BCUT2D eigenvalue weighted by atomic mass is 15.0. The summed E-state index contributed by atoms with van der Waals surface area (Å²) in [6.07, 6.45) is 10.2. The normalized spacial score (nSPS) is 21.4. The molecule has 96 valence electrons. The predicted molar refractivity (Wildman–Crippen MR) is 71.8 cm³/mol. The molecule has 1 fully saturated rings. The van der Waals surface area contributed by atoms with Crippen molar-refractivity contribution < 1.29 is 0 Å². The fourth-order valence-corrected chi connectivity index (χ4v) is 2.55. The molecule has 2 nitrogen and oxygen atoms in total. The summed E-state index contributed by atoms with van der Waals surface area (Å²) in [7, 11) is 0. The lowest BCUT2D eigenvalue weighted by Crippen LogP contribution is -2.38. The molecule has 0 aliphatic heterocycles. The van der Waals surface area contributed by atoms with Crippen molar-refractivity contribution in [2.75, 3.05) is 19.6 Å². The van der Waals surface area contributed by atoms with Crippen LogP contribution in [0.1, 0.15) is 58.8 Å². The van der Waals surface area contributed by atoms with E-state index in [9.17, 15) is 0 Å². The van der Waals surface area contributed by atoms with E-state index in [1.807, 2.05) is 0 Å². The quantitative estimate of drug-likeness (QED) is 0.727. The first-order valence-corrected chi connectivity index (χ1v) is 7.27. The van der Waals surface area contributed by atoms with Gasteiger partial charge in [0.25, 0.3) is 0 Å². The molecular formula is C14H30N2. The average Bonchev–Trinajstić information content (AvgIpc) is 2.25. The van der Waals surface area contributed by atoms with Crippen LogP contribution in [0.15, 0.2) is 0 Å². The van der Waals surface area contributed by atoms with Crippen molar-refractivity contribution >= 4 is 0 Å². The summed E-state index contributed by atoms with van der Waals surface area (Å²) in [4.78, 5) is 0. The minimum absolute atomic E-state index is 0.616. The first kappa shape index (κ1) is 14.0. The van der Waals surface area contributed by atoms with Gasteiger partial charge in [-0.1, -0.05) is 39.0 Å². The van der Waals surface area contributed by atoms with Crippen molar-refractivity contribution in [1.82, 2.24) is 10.6 Å². The average molecular weight is 226 g/mol. The minimum Gasteiger partial charge on any atom is -0.315 e. The molecule has 16 heavy (non-hydrogen) atoms. The molecule has 0 bridgehead atoms. The van der Waals surface area contributed by atoms with E-state index in [1.165, 1.54) is 51.5 Å². The zero-order valence-corrected chi connectivity index (χ0v) is 11.2. The second-order valence-electron chi connectivity index (χ2n) is 5.33. The first-order valence-electron chi connectivity index (χ1n) is 7.27. The first-order chi connectivity index (χ1) is 7.83. The number of hydrogen-bond acceptors (Lipinski definition) is 2. The third-order valence-corrected chi connectivity index (χ3v) is 3.68. The van der Waals surface area contributed by atoms with Crippen molar-refractivity contribution in [1.29, 1.82) is 0 Å². The van der Waals surface area contributed by atoms with Crippen molar-refractivity contribution in [2.24, 2.45) is 5.92 Å². The van der Waals surface area contributed by atoms with Gasteiger partial charge in [-0.15, -0.1) is 0 Å². The second kappa shape index (κ2) is 9.00. The van der Waals surface area contributed by atoms with Crippen molar-refractivity contribution in [3.63, 3.8) is 0 Å². The van der Waals surface area contributed by atoms with Gasteiger partial charge in [0, 0.05) is 12.6 Å². The van der Waals surface area contributed by atoms with Gasteiger partial charge in [-0.25, -0.2) is 0 Å². The lowest BCUT2D eigenvalue weighted by Gasteiger charge is -2.22. The van der Waals surface area contributed by atoms with Crippen molar-refractivity contribution in [2.45, 2.75) is 64.8 Å². The van der Waals surface area contributed by atoms with Gasteiger partial charge < -0.3 is 10.6 Å². The summed E-state index contributed by atoms with van der Waals surface area (Å²) in [5.41, 5.74) is 0. The monoisotopic (exact) mass is 226 g/mol. The molecule has 0 saturated heterocycles. The van der Waals surface area contributed by atoms with Crippen LogP contribution in [0.4, 0.5) is 0 Å². The number of hydrogen-bond donors (Lipinski definition) is 2. The Kier molecular flexibility index (Phi) is 7.87. The molecule has 0 aromatic heterocycles. The predicted octanol–water partition coefficient (Wildman–Crippen LogP) is 2.93. The smallest absolute Gasteiger partial charge is 0.0164 e. The second-order valence-corrected chi connectivity index (χ2v) is 5.33. The molecule has 1 saturated carbocycles. The van der Waals surface area contributed by atoms with Crippen LogP contribution >= 0.6 is 0 Å². The van der Waals surface area contributed by atoms with Crippen molar-refractivity contribution in [3.05, 3.63) is 0 Å². The van der Waals surface area contributed by atoms with E-state index in [4.69, 9.17) is 0 Å². The molecular weight excluding hydrogens is 196 g/mol. The molecule has 0 radical (unpaired) electrons. The van der Waals surface area contributed by atoms with Gasteiger partial charge >= 0.3 is 0 Å². The molecule has 1 aliphatic rings. The Balaban J connectivity index is 2.09. The third kappa shape index (κ3) is 6.49. The lowest BCUT2D eigenvalue weighted by atomic mass is 9.91. The van der Waals surface area contributed by atoms with Crippen LogP contribution in [-0.2, 0) is 0 Å². The van der Waals surface area contributed by atoms with Crippen molar-refractivity contribution in [3.8, 4) is 0 Å². The fourth-order valence-electron chi connectivity index (χ4n) is 2.55. The Labute approximate surface area is 102 Å². The van der Waals surface area contributed by atoms with Gasteiger partial charge in [-0.3, -0.25) is 0 Å². The van der Waals surface area contributed by atoms with Crippen LogP contribution < -0.4 is 10.6 Å². The van der Waals surface area contributed by atoms with E-state index >= 15 is 0 Å². The number of rotatable bonds is 6. The van der Waals surface area contributed by atoms with Gasteiger partial charge in [0.15, 0.2) is 0 Å². The van der Waals surface area contributed by atoms with Gasteiger partial charge in [0.2, 0.25) is 0 Å². The standard InChI is InChI=1S/C14H30N2/c1-3-15-11-13(2)16-12-14-9-7-5-4-6-8-10-14/h13-16H,3-12H2,1-2H3. The summed E-state index contributed by atoms with van der Waals surface area (Å²) in [5, 5.41) is 7.07. The fraction of sp³-hybridized carbons (Fsp3) is 1.00. The van der Waals surface area contributed by atoms with Crippen LogP contribution in [0.25, 0.3) is 0 Å². The van der Waals surface area contributed by atoms with E-state index < -0.39 is 0 Å². The zero-order valence-electron chi connectivity index (χ0n) is 11.2. The highest BCUT2D eigenvalue weighted by Gasteiger charge is 2.12. The van der Waals surface area contributed by atoms with E-state index in [0.29, 0.717) is 6.04 Å². The Hall–Kier alpha value is -0.0800. The van der Waals surface area contributed by atoms with Crippen LogP contribution in [0.3, 0.4) is 0 Å². The highest BCUT2D eigenvalue weighted by Crippen LogP contribution is 2.21. The summed E-state index contributed by atoms with van der Waals surface area (Å²) in [5.74, 6) is 0.935. The molecule has 1 aliphatic carbocycles. The molecule has 2 heteroatoms. The lowest BCUT2D eigenvalue weighted by molar-refractivity contribution is 0.345. The van der Waals surface area contributed by atoms with Crippen LogP contribution in [-0.4, -0.2) is 25.7 Å². The number of likely N-dealkylation sites (N-methyl/N-ethyl adjacent to an activating group) is 1. The maximum atomic E-state index is 3.67. The summed E-state index contributed by atoms with van der Waals surface area (Å²) < 4.78 is 0. The Morgan fingerprint density at radius 2 is 1.69 bits per heavy atom. The molecule has 1 atom stereocenters. The van der Waals surface area contributed by atoms with Gasteiger partial charge in [-0.2, -0.15) is 0 Å². The molecule has 0 amide bonds. The Morgan fingerprint density at radius 3 is 2.31 bits per heavy atom. The van der Waals surface area contributed by atoms with E-state index in [2.05, 4.69) is 24.5 Å². The van der Waals surface area contributed by atoms with Crippen LogP contribution in [0.5, 0.6) is 0 Å². The molecule has 0 aromatic carbocycles. The maximum Gasteiger partial charge on any atom is 0.0164 e. The zero-order chi connectivity index (χ0) is 11.6. The van der Waals surface area contributed by atoms with Crippen LogP contribution in [0, 0.1) is 5.92 Å². The minimum atomic E-state index is 0.616. The summed E-state index contributed by atoms with van der Waals surface area (Å²) >= 11 is 0. The Morgan fingerprint density at radius 1 is 1.06 bits per heavy atom. The summed E-state index contributed by atoms with van der Waals surface area (Å²) in [6, 6.07) is 0.616. The summed E-state index contributed by atoms with van der Waals surface area (Å²) in [6.45, 7) is 7.86. The number of nitrogens with one attached hydrogen (secondary N) is 2. The van der Waals surface area contributed by atoms with Gasteiger partial charge in [0.05, 0.1) is 0 Å². The maximum absolute atomic E-state index is 3.67. The van der Waals surface area contributed by atoms with Gasteiger partial charge in [0.1, 0.15) is 0 Å². The topological polar surface area (TPSA) is 24.1 Å². The molecule has 1 unspecified atom stereocenters. The molecule has 0 heterocycles. The molecule has 1 rings (SSSR count). The Bertz CT molecular complexity index is 151. The van der Waals surface area contributed by atoms with E-state index in [0.717, 1.165) is 19.0 Å². The van der Waals surface area contributed by atoms with E-state index in [1.54, 1.807) is 0 Å². The van der Waals surface area contributed by atoms with Crippen LogP contribution in [0.2, 0.25) is 0 Å². The third-order valence-electron chi connectivity index (χ3n) is 3.68. The van der Waals surface area contributed by atoms with E-state index in [-0.39, 0.29) is 0 Å². The molecule has 2 N–H and O–H groups in total. The van der Waals surface area contributed by atoms with Gasteiger partial charge in [-0.05, 0) is 38.8 Å².